The first kappa shape index (κ1) is 14.8. The third kappa shape index (κ3) is 2.44. The molecule has 8 nitrogen and oxygen atoms in total. The Labute approximate surface area is 132 Å². The molecule has 0 spiro atoms. The summed E-state index contributed by atoms with van der Waals surface area (Å²) in [5.41, 5.74) is 11.1. The largest absolute Gasteiger partial charge is 0.480 e. The van der Waals surface area contributed by atoms with E-state index in [0.29, 0.717) is 23.2 Å². The molecule has 0 saturated carbocycles. The zero-order valence-electron chi connectivity index (χ0n) is 13.1. The monoisotopic (exact) mass is 311 g/mol. The van der Waals surface area contributed by atoms with Gasteiger partial charge in [0.15, 0.2) is 0 Å². The van der Waals surface area contributed by atoms with E-state index in [0.717, 1.165) is 22.2 Å². The van der Waals surface area contributed by atoms with Crippen molar-refractivity contribution in [2.24, 2.45) is 5.11 Å². The molecule has 0 bridgehead atoms. The van der Waals surface area contributed by atoms with Gasteiger partial charge in [0.25, 0.3) is 0 Å². The van der Waals surface area contributed by atoms with E-state index < -0.39 is 0 Å². The Morgan fingerprint density at radius 2 is 2.04 bits per heavy atom. The van der Waals surface area contributed by atoms with Gasteiger partial charge in [-0.15, -0.1) is 0 Å². The van der Waals surface area contributed by atoms with Gasteiger partial charge < -0.3 is 20.4 Å². The highest BCUT2D eigenvalue weighted by Crippen LogP contribution is 2.37. The number of H-pyrrole nitrogens is 1. The molecule has 3 aromatic rings. The van der Waals surface area contributed by atoms with E-state index in [1.807, 2.05) is 18.3 Å². The smallest absolute Gasteiger partial charge is 0.228 e. The molecule has 0 amide bonds. The summed E-state index contributed by atoms with van der Waals surface area (Å²) in [7, 11) is 5.14. The van der Waals surface area contributed by atoms with Gasteiger partial charge in [-0.1, -0.05) is 6.07 Å². The number of nitrogens with zero attached hydrogens (tertiary/aromatic N) is 3. The van der Waals surface area contributed by atoms with Crippen LogP contribution in [0.3, 0.4) is 0 Å². The van der Waals surface area contributed by atoms with Crippen molar-refractivity contribution in [3.8, 4) is 17.0 Å². The molecule has 8 heteroatoms. The number of rotatable bonds is 5. The first-order chi connectivity index (χ1) is 11.2. The molecule has 0 atom stereocenters. The second-order valence-corrected chi connectivity index (χ2v) is 4.83. The lowest BCUT2D eigenvalue weighted by atomic mass is 10.0. The van der Waals surface area contributed by atoms with Crippen LogP contribution in [0.1, 0.15) is 0 Å². The number of aromatic nitrogens is 3. The summed E-state index contributed by atoms with van der Waals surface area (Å²) in [6, 6.07) is 5.63. The van der Waals surface area contributed by atoms with Crippen LogP contribution >= 0.6 is 0 Å². The lowest BCUT2D eigenvalue weighted by Gasteiger charge is -2.09. The first-order valence-electron chi connectivity index (χ1n) is 7.02. The van der Waals surface area contributed by atoms with E-state index in [-0.39, 0.29) is 0 Å². The maximum Gasteiger partial charge on any atom is 0.228 e. The Morgan fingerprint density at radius 3 is 2.70 bits per heavy atom. The van der Waals surface area contributed by atoms with E-state index in [4.69, 9.17) is 10.3 Å². The van der Waals surface area contributed by atoms with Crippen molar-refractivity contribution in [2.45, 2.75) is 0 Å². The Kier molecular flexibility index (Phi) is 3.80. The SMILES string of the molecule is CNc1nc(OC)c2c(-c3ccc(N=N)c(NC)c3)c[nH]c2n1. The number of hydrogen-bond donors (Lipinski definition) is 4. The van der Waals surface area contributed by atoms with Crippen molar-refractivity contribution < 1.29 is 4.74 Å². The minimum Gasteiger partial charge on any atom is -0.480 e. The van der Waals surface area contributed by atoms with Crippen LogP contribution in [0.25, 0.3) is 22.2 Å². The summed E-state index contributed by atoms with van der Waals surface area (Å²) >= 11 is 0. The van der Waals surface area contributed by atoms with Gasteiger partial charge in [-0.2, -0.15) is 15.1 Å². The molecule has 3 rings (SSSR count). The molecule has 118 valence electrons. The topological polar surface area (TPSA) is 111 Å². The maximum absolute atomic E-state index is 7.20. The molecule has 23 heavy (non-hydrogen) atoms. The molecule has 0 aliphatic carbocycles. The molecule has 1 aromatic carbocycles. The third-order valence-electron chi connectivity index (χ3n) is 3.61. The summed E-state index contributed by atoms with van der Waals surface area (Å²) in [6.07, 6.45) is 1.87. The van der Waals surface area contributed by atoms with Crippen LogP contribution in [0, 0.1) is 5.53 Å². The highest BCUT2D eigenvalue weighted by atomic mass is 16.5. The van der Waals surface area contributed by atoms with Crippen LogP contribution in [0.5, 0.6) is 5.88 Å². The van der Waals surface area contributed by atoms with Gasteiger partial charge in [0.2, 0.25) is 11.8 Å². The van der Waals surface area contributed by atoms with E-state index in [9.17, 15) is 0 Å². The molecule has 2 heterocycles. The zero-order valence-corrected chi connectivity index (χ0v) is 13.1. The van der Waals surface area contributed by atoms with Gasteiger partial charge in [0.1, 0.15) is 11.3 Å². The number of hydrogen-bond acceptors (Lipinski definition) is 7. The van der Waals surface area contributed by atoms with Crippen molar-refractivity contribution in [3.05, 3.63) is 24.4 Å². The fourth-order valence-corrected chi connectivity index (χ4v) is 2.49. The minimum absolute atomic E-state index is 0.488. The second kappa shape index (κ2) is 5.91. The van der Waals surface area contributed by atoms with Gasteiger partial charge in [0, 0.05) is 25.9 Å². The van der Waals surface area contributed by atoms with Crippen molar-refractivity contribution in [2.75, 3.05) is 31.8 Å². The molecule has 0 fully saturated rings. The Bertz CT molecular complexity index is 872. The average molecular weight is 311 g/mol. The molecular formula is C15H17N7O. The second-order valence-electron chi connectivity index (χ2n) is 4.83. The lowest BCUT2D eigenvalue weighted by molar-refractivity contribution is 0.403. The van der Waals surface area contributed by atoms with Crippen molar-refractivity contribution >= 4 is 28.4 Å². The van der Waals surface area contributed by atoms with Crippen molar-refractivity contribution in [1.29, 1.82) is 5.53 Å². The molecular weight excluding hydrogens is 294 g/mol. The van der Waals surface area contributed by atoms with E-state index in [1.165, 1.54) is 0 Å². The number of anilines is 2. The highest BCUT2D eigenvalue weighted by Gasteiger charge is 2.16. The lowest BCUT2D eigenvalue weighted by Crippen LogP contribution is -1.99. The predicted molar refractivity (Wildman–Crippen MR) is 89.8 cm³/mol. The molecule has 0 radical (unpaired) electrons. The van der Waals surface area contributed by atoms with E-state index >= 15 is 0 Å². The molecule has 0 aliphatic rings. The number of fused-ring (bicyclic) bond motifs is 1. The molecule has 4 N–H and O–H groups in total. The van der Waals surface area contributed by atoms with Crippen LogP contribution in [0.2, 0.25) is 0 Å². The number of benzene rings is 1. The van der Waals surface area contributed by atoms with Gasteiger partial charge in [-0.3, -0.25) is 0 Å². The summed E-state index contributed by atoms with van der Waals surface area (Å²) in [5, 5.41) is 10.3. The van der Waals surface area contributed by atoms with Crippen LogP contribution in [-0.2, 0) is 0 Å². The Hall–Kier alpha value is -3.16. The molecule has 2 aromatic heterocycles. The van der Waals surface area contributed by atoms with Gasteiger partial charge in [0.05, 0.1) is 18.2 Å². The van der Waals surface area contributed by atoms with Crippen LogP contribution in [0.15, 0.2) is 29.5 Å². The third-order valence-corrected chi connectivity index (χ3v) is 3.61. The highest BCUT2D eigenvalue weighted by molar-refractivity contribution is 5.98. The van der Waals surface area contributed by atoms with Crippen molar-refractivity contribution in [1.82, 2.24) is 15.0 Å². The quantitative estimate of drug-likeness (QED) is 0.540. The summed E-state index contributed by atoms with van der Waals surface area (Å²) in [5.74, 6) is 0.984. The molecule has 0 saturated heterocycles. The number of nitrogens with one attached hydrogen (secondary N) is 4. The fourth-order valence-electron chi connectivity index (χ4n) is 2.49. The molecule has 0 unspecified atom stereocenters. The maximum atomic E-state index is 7.20. The van der Waals surface area contributed by atoms with Gasteiger partial charge >= 0.3 is 0 Å². The average Bonchev–Trinajstić information content (AvgIpc) is 3.04. The normalized spacial score (nSPS) is 10.6. The summed E-state index contributed by atoms with van der Waals surface area (Å²) in [4.78, 5) is 11.9. The van der Waals surface area contributed by atoms with E-state index in [2.05, 4.69) is 30.7 Å². The van der Waals surface area contributed by atoms with Crippen LogP contribution in [0.4, 0.5) is 17.3 Å². The summed E-state index contributed by atoms with van der Waals surface area (Å²) < 4.78 is 5.42. The van der Waals surface area contributed by atoms with Crippen LogP contribution in [-0.4, -0.2) is 36.2 Å². The fraction of sp³-hybridized carbons (Fsp3) is 0.200. The Morgan fingerprint density at radius 1 is 1.22 bits per heavy atom. The minimum atomic E-state index is 0.488. The van der Waals surface area contributed by atoms with Crippen LogP contribution < -0.4 is 15.4 Å². The summed E-state index contributed by atoms with van der Waals surface area (Å²) in [6.45, 7) is 0. The zero-order chi connectivity index (χ0) is 16.4. The number of aromatic amines is 1. The number of methoxy groups -OCH3 is 1. The van der Waals surface area contributed by atoms with Gasteiger partial charge in [-0.05, 0) is 17.7 Å². The number of ether oxygens (including phenoxy) is 1. The molecule has 0 aliphatic heterocycles. The Balaban J connectivity index is 2.22. The first-order valence-corrected chi connectivity index (χ1v) is 7.02. The predicted octanol–water partition coefficient (Wildman–Crippen LogP) is 3.38. The van der Waals surface area contributed by atoms with E-state index in [1.54, 1.807) is 27.3 Å². The van der Waals surface area contributed by atoms with Crippen molar-refractivity contribution in [3.63, 3.8) is 0 Å². The van der Waals surface area contributed by atoms with Gasteiger partial charge in [-0.25, -0.2) is 5.53 Å². The standard InChI is InChI=1S/C15H17N7O/c1-17-11-6-8(4-5-10(11)22-16)9-7-19-13-12(9)14(23-3)21-15(18-2)20-13/h4-7,16-17H,1-3H3,(H2,18,19,20,21).